The molecular formula is C14H19N3O2. The van der Waals surface area contributed by atoms with Crippen molar-refractivity contribution >= 4 is 17.5 Å². The molecule has 1 aliphatic heterocycles. The van der Waals surface area contributed by atoms with Crippen molar-refractivity contribution in [3.05, 3.63) is 30.3 Å². The van der Waals surface area contributed by atoms with Crippen LogP contribution in [-0.2, 0) is 9.59 Å². The highest BCUT2D eigenvalue weighted by molar-refractivity contribution is 5.95. The number of nitrogens with zero attached hydrogens (tertiary/aromatic N) is 1. The molecule has 2 rings (SSSR count). The Morgan fingerprint density at radius 2 is 2.16 bits per heavy atom. The summed E-state index contributed by atoms with van der Waals surface area (Å²) in [6.45, 7) is 3.40. The Hall–Kier alpha value is -1.88. The van der Waals surface area contributed by atoms with Crippen LogP contribution in [0.3, 0.4) is 0 Å². The van der Waals surface area contributed by atoms with E-state index in [-0.39, 0.29) is 24.4 Å². The van der Waals surface area contributed by atoms with Crippen molar-refractivity contribution in [1.29, 1.82) is 0 Å². The summed E-state index contributed by atoms with van der Waals surface area (Å²) in [6.07, 6.45) is 0.746. The van der Waals surface area contributed by atoms with Gasteiger partial charge in [0.05, 0.1) is 12.6 Å². The standard InChI is InChI=1S/C14H19N3O2/c1-2-12-14(19)17(9-8-15-12)10-13(18)16-11-6-4-3-5-7-11/h3-7,12,15H,2,8-10H2,1H3,(H,16,18). The predicted molar refractivity (Wildman–Crippen MR) is 73.7 cm³/mol. The van der Waals surface area contributed by atoms with E-state index in [0.717, 1.165) is 18.7 Å². The molecule has 0 radical (unpaired) electrons. The quantitative estimate of drug-likeness (QED) is 0.844. The molecule has 1 aliphatic rings. The van der Waals surface area contributed by atoms with E-state index in [1.54, 1.807) is 4.90 Å². The fraction of sp³-hybridized carbons (Fsp3) is 0.429. The van der Waals surface area contributed by atoms with Crippen molar-refractivity contribution in [1.82, 2.24) is 10.2 Å². The van der Waals surface area contributed by atoms with E-state index < -0.39 is 0 Å². The first-order valence-electron chi connectivity index (χ1n) is 6.57. The van der Waals surface area contributed by atoms with Crippen LogP contribution in [0, 0.1) is 0 Å². The minimum absolute atomic E-state index is 0.0111. The molecule has 1 aromatic rings. The van der Waals surface area contributed by atoms with Crippen LogP contribution in [0.15, 0.2) is 30.3 Å². The van der Waals surface area contributed by atoms with Crippen molar-refractivity contribution in [3.8, 4) is 0 Å². The van der Waals surface area contributed by atoms with Gasteiger partial charge in [-0.05, 0) is 18.6 Å². The average molecular weight is 261 g/mol. The van der Waals surface area contributed by atoms with Crippen LogP contribution < -0.4 is 10.6 Å². The summed E-state index contributed by atoms with van der Waals surface area (Å²) < 4.78 is 0. The van der Waals surface area contributed by atoms with Crippen LogP contribution in [0.1, 0.15) is 13.3 Å². The van der Waals surface area contributed by atoms with E-state index in [1.165, 1.54) is 0 Å². The first-order chi connectivity index (χ1) is 9.20. The average Bonchev–Trinajstić information content (AvgIpc) is 2.42. The Labute approximate surface area is 113 Å². The van der Waals surface area contributed by atoms with Crippen molar-refractivity contribution in [3.63, 3.8) is 0 Å². The molecule has 0 saturated carbocycles. The normalized spacial score (nSPS) is 19.3. The van der Waals surface area contributed by atoms with Gasteiger partial charge in [-0.25, -0.2) is 0 Å². The van der Waals surface area contributed by atoms with Gasteiger partial charge in [0.25, 0.3) is 0 Å². The monoisotopic (exact) mass is 261 g/mol. The lowest BCUT2D eigenvalue weighted by Gasteiger charge is -2.32. The fourth-order valence-electron chi connectivity index (χ4n) is 2.16. The molecule has 0 aliphatic carbocycles. The van der Waals surface area contributed by atoms with Crippen LogP contribution in [0.2, 0.25) is 0 Å². The number of para-hydroxylation sites is 1. The van der Waals surface area contributed by atoms with Crippen LogP contribution >= 0.6 is 0 Å². The van der Waals surface area contributed by atoms with Gasteiger partial charge in [-0.1, -0.05) is 25.1 Å². The lowest BCUT2D eigenvalue weighted by Crippen LogP contribution is -2.56. The zero-order valence-corrected chi connectivity index (χ0v) is 11.1. The van der Waals surface area contributed by atoms with Crippen LogP contribution in [0.5, 0.6) is 0 Å². The van der Waals surface area contributed by atoms with Crippen molar-refractivity contribution in [2.75, 3.05) is 25.0 Å². The van der Waals surface area contributed by atoms with Gasteiger partial charge >= 0.3 is 0 Å². The first kappa shape index (κ1) is 13.5. The SMILES string of the molecule is CCC1NCCN(CC(=O)Nc2ccccc2)C1=O. The van der Waals surface area contributed by atoms with E-state index in [0.29, 0.717) is 6.54 Å². The zero-order chi connectivity index (χ0) is 13.7. The summed E-state index contributed by atoms with van der Waals surface area (Å²) in [4.78, 5) is 25.5. The van der Waals surface area contributed by atoms with Gasteiger partial charge in [0.1, 0.15) is 0 Å². The second-order valence-electron chi connectivity index (χ2n) is 4.59. The molecule has 2 amide bonds. The number of carbonyl (C=O) groups excluding carboxylic acids is 2. The third kappa shape index (κ3) is 3.54. The molecule has 102 valence electrons. The summed E-state index contributed by atoms with van der Waals surface area (Å²) in [5, 5.41) is 5.94. The largest absolute Gasteiger partial charge is 0.331 e. The number of amides is 2. The topological polar surface area (TPSA) is 61.4 Å². The van der Waals surface area contributed by atoms with E-state index in [2.05, 4.69) is 10.6 Å². The number of hydrogen-bond acceptors (Lipinski definition) is 3. The lowest BCUT2D eigenvalue weighted by atomic mass is 10.1. The molecule has 5 heteroatoms. The highest BCUT2D eigenvalue weighted by Crippen LogP contribution is 2.07. The van der Waals surface area contributed by atoms with Gasteiger partial charge in [0.15, 0.2) is 0 Å². The molecule has 2 N–H and O–H groups in total. The highest BCUT2D eigenvalue weighted by atomic mass is 16.2. The molecule has 1 fully saturated rings. The van der Waals surface area contributed by atoms with Crippen molar-refractivity contribution in [2.45, 2.75) is 19.4 Å². The smallest absolute Gasteiger partial charge is 0.243 e. The van der Waals surface area contributed by atoms with Crippen molar-refractivity contribution < 1.29 is 9.59 Å². The number of rotatable bonds is 4. The maximum atomic E-state index is 12.0. The third-order valence-corrected chi connectivity index (χ3v) is 3.18. The fourth-order valence-corrected chi connectivity index (χ4v) is 2.16. The predicted octanol–water partition coefficient (Wildman–Crippen LogP) is 0.835. The summed E-state index contributed by atoms with van der Waals surface area (Å²) in [5.74, 6) is -0.145. The van der Waals surface area contributed by atoms with Crippen LogP contribution in [0.4, 0.5) is 5.69 Å². The molecule has 0 aromatic heterocycles. The Bertz CT molecular complexity index is 447. The van der Waals surface area contributed by atoms with E-state index in [1.807, 2.05) is 37.3 Å². The van der Waals surface area contributed by atoms with Gasteiger partial charge in [-0.2, -0.15) is 0 Å². The third-order valence-electron chi connectivity index (χ3n) is 3.18. The minimum atomic E-state index is -0.156. The van der Waals surface area contributed by atoms with Crippen molar-refractivity contribution in [2.24, 2.45) is 0 Å². The molecule has 1 heterocycles. The van der Waals surface area contributed by atoms with Crippen LogP contribution in [0.25, 0.3) is 0 Å². The molecule has 19 heavy (non-hydrogen) atoms. The number of hydrogen-bond donors (Lipinski definition) is 2. The summed E-state index contributed by atoms with van der Waals surface area (Å²) >= 11 is 0. The minimum Gasteiger partial charge on any atom is -0.331 e. The molecule has 1 atom stereocenters. The Kier molecular flexibility index (Phi) is 4.52. The molecular weight excluding hydrogens is 242 g/mol. The van der Waals surface area contributed by atoms with E-state index in [9.17, 15) is 9.59 Å². The molecule has 1 unspecified atom stereocenters. The molecule has 0 spiro atoms. The van der Waals surface area contributed by atoms with Gasteiger partial charge in [-0.15, -0.1) is 0 Å². The Morgan fingerprint density at radius 1 is 1.42 bits per heavy atom. The number of carbonyl (C=O) groups is 2. The van der Waals surface area contributed by atoms with Gasteiger partial charge in [-0.3, -0.25) is 9.59 Å². The molecule has 0 bridgehead atoms. The number of anilines is 1. The molecule has 1 saturated heterocycles. The van der Waals surface area contributed by atoms with E-state index >= 15 is 0 Å². The number of benzene rings is 1. The summed E-state index contributed by atoms with van der Waals surface area (Å²) in [5.41, 5.74) is 0.752. The van der Waals surface area contributed by atoms with Gasteiger partial charge < -0.3 is 15.5 Å². The molecule has 5 nitrogen and oxygen atoms in total. The highest BCUT2D eigenvalue weighted by Gasteiger charge is 2.27. The summed E-state index contributed by atoms with van der Waals surface area (Å²) in [6, 6.07) is 9.11. The summed E-state index contributed by atoms with van der Waals surface area (Å²) in [7, 11) is 0. The lowest BCUT2D eigenvalue weighted by molar-refractivity contribution is -0.138. The molecule has 1 aromatic carbocycles. The Balaban J connectivity index is 1.90. The first-order valence-corrected chi connectivity index (χ1v) is 6.57. The zero-order valence-electron chi connectivity index (χ0n) is 11.1. The van der Waals surface area contributed by atoms with Gasteiger partial charge in [0, 0.05) is 18.8 Å². The Morgan fingerprint density at radius 3 is 2.84 bits per heavy atom. The second kappa shape index (κ2) is 6.33. The van der Waals surface area contributed by atoms with Crippen LogP contribution in [-0.4, -0.2) is 42.4 Å². The maximum Gasteiger partial charge on any atom is 0.243 e. The number of piperazine rings is 1. The second-order valence-corrected chi connectivity index (χ2v) is 4.59. The number of nitrogens with one attached hydrogen (secondary N) is 2. The maximum absolute atomic E-state index is 12.0. The van der Waals surface area contributed by atoms with E-state index in [4.69, 9.17) is 0 Å². The van der Waals surface area contributed by atoms with Gasteiger partial charge in [0.2, 0.25) is 11.8 Å².